The SMILES string of the molecule is C[C@@H](N)c1ccc(F)cc1OCc1ccccc1F. The molecule has 0 aliphatic carbocycles. The molecule has 0 aromatic heterocycles. The van der Waals surface area contributed by atoms with Gasteiger partial charge in [-0.3, -0.25) is 0 Å². The summed E-state index contributed by atoms with van der Waals surface area (Å²) < 4.78 is 32.2. The van der Waals surface area contributed by atoms with Gasteiger partial charge in [0.15, 0.2) is 0 Å². The molecule has 2 N–H and O–H groups in total. The van der Waals surface area contributed by atoms with Crippen molar-refractivity contribution in [2.75, 3.05) is 0 Å². The summed E-state index contributed by atoms with van der Waals surface area (Å²) in [5.74, 6) is -0.410. The molecule has 2 nitrogen and oxygen atoms in total. The van der Waals surface area contributed by atoms with Crippen LogP contribution in [0.1, 0.15) is 24.1 Å². The Morgan fingerprint density at radius 2 is 1.89 bits per heavy atom. The van der Waals surface area contributed by atoms with Gasteiger partial charge >= 0.3 is 0 Å². The second kappa shape index (κ2) is 5.80. The van der Waals surface area contributed by atoms with Gasteiger partial charge in [0.25, 0.3) is 0 Å². The Balaban J connectivity index is 2.19. The number of ether oxygens (including phenoxy) is 1. The highest BCUT2D eigenvalue weighted by molar-refractivity contribution is 5.36. The lowest BCUT2D eigenvalue weighted by molar-refractivity contribution is 0.294. The Morgan fingerprint density at radius 1 is 1.16 bits per heavy atom. The number of rotatable bonds is 4. The zero-order valence-corrected chi connectivity index (χ0v) is 10.6. The van der Waals surface area contributed by atoms with E-state index in [1.165, 1.54) is 18.2 Å². The first kappa shape index (κ1) is 13.5. The van der Waals surface area contributed by atoms with Crippen LogP contribution in [-0.2, 0) is 6.61 Å². The Kier molecular flexibility index (Phi) is 4.12. The van der Waals surface area contributed by atoms with Crippen LogP contribution >= 0.6 is 0 Å². The van der Waals surface area contributed by atoms with Gasteiger partial charge in [-0.15, -0.1) is 0 Å². The first-order valence-electron chi connectivity index (χ1n) is 5.99. The van der Waals surface area contributed by atoms with Gasteiger partial charge in [-0.25, -0.2) is 8.78 Å². The molecular formula is C15H15F2NO. The van der Waals surface area contributed by atoms with Crippen molar-refractivity contribution in [3.05, 3.63) is 65.2 Å². The van der Waals surface area contributed by atoms with Crippen molar-refractivity contribution in [2.45, 2.75) is 19.6 Å². The van der Waals surface area contributed by atoms with Crippen LogP contribution in [0.2, 0.25) is 0 Å². The monoisotopic (exact) mass is 263 g/mol. The number of hydrogen-bond donors (Lipinski definition) is 1. The predicted molar refractivity (Wildman–Crippen MR) is 69.7 cm³/mol. The molecule has 0 bridgehead atoms. The minimum atomic E-state index is -0.409. The van der Waals surface area contributed by atoms with Gasteiger partial charge in [0, 0.05) is 23.2 Å². The maximum atomic E-state index is 13.5. The van der Waals surface area contributed by atoms with Crippen molar-refractivity contribution in [1.29, 1.82) is 0 Å². The third-order valence-corrected chi connectivity index (χ3v) is 2.81. The maximum Gasteiger partial charge on any atom is 0.129 e. The Hall–Kier alpha value is -1.94. The van der Waals surface area contributed by atoms with E-state index < -0.39 is 5.82 Å². The van der Waals surface area contributed by atoms with E-state index in [1.807, 2.05) is 0 Å². The predicted octanol–water partition coefficient (Wildman–Crippen LogP) is 3.56. The Morgan fingerprint density at radius 3 is 2.58 bits per heavy atom. The molecule has 19 heavy (non-hydrogen) atoms. The van der Waals surface area contributed by atoms with Gasteiger partial charge in [-0.05, 0) is 19.1 Å². The van der Waals surface area contributed by atoms with Gasteiger partial charge in [-0.2, -0.15) is 0 Å². The Bertz CT molecular complexity index is 570. The third kappa shape index (κ3) is 3.29. The van der Waals surface area contributed by atoms with Crippen molar-refractivity contribution < 1.29 is 13.5 Å². The number of nitrogens with two attached hydrogens (primary N) is 1. The molecular weight excluding hydrogens is 248 g/mol. The van der Waals surface area contributed by atoms with Crippen molar-refractivity contribution >= 4 is 0 Å². The molecule has 0 heterocycles. The standard InChI is InChI=1S/C15H15F2NO/c1-10(18)13-7-6-12(16)8-15(13)19-9-11-4-2-3-5-14(11)17/h2-8,10H,9,18H2,1H3/t10-/m1/s1. The summed E-state index contributed by atoms with van der Waals surface area (Å²) in [7, 11) is 0. The minimum Gasteiger partial charge on any atom is -0.488 e. The molecule has 0 amide bonds. The molecule has 0 aliphatic heterocycles. The topological polar surface area (TPSA) is 35.2 Å². The fraction of sp³-hybridized carbons (Fsp3) is 0.200. The second-order valence-corrected chi connectivity index (χ2v) is 4.35. The molecule has 0 saturated heterocycles. The highest BCUT2D eigenvalue weighted by Crippen LogP contribution is 2.25. The van der Waals surface area contributed by atoms with E-state index in [9.17, 15) is 8.78 Å². The first-order valence-corrected chi connectivity index (χ1v) is 5.99. The lowest BCUT2D eigenvalue weighted by Crippen LogP contribution is -2.08. The van der Waals surface area contributed by atoms with E-state index in [0.717, 1.165) is 0 Å². The van der Waals surface area contributed by atoms with E-state index in [1.54, 1.807) is 31.2 Å². The van der Waals surface area contributed by atoms with E-state index in [0.29, 0.717) is 16.9 Å². The van der Waals surface area contributed by atoms with E-state index in [4.69, 9.17) is 10.5 Å². The summed E-state index contributed by atoms with van der Waals surface area (Å²) in [4.78, 5) is 0. The van der Waals surface area contributed by atoms with Crippen molar-refractivity contribution in [1.82, 2.24) is 0 Å². The minimum absolute atomic E-state index is 0.0375. The molecule has 100 valence electrons. The van der Waals surface area contributed by atoms with Gasteiger partial charge in [0.2, 0.25) is 0 Å². The lowest BCUT2D eigenvalue weighted by atomic mass is 10.1. The molecule has 2 aromatic carbocycles. The molecule has 0 fully saturated rings. The quantitative estimate of drug-likeness (QED) is 0.915. The largest absolute Gasteiger partial charge is 0.488 e. The van der Waals surface area contributed by atoms with Crippen LogP contribution < -0.4 is 10.5 Å². The molecule has 0 radical (unpaired) electrons. The van der Waals surface area contributed by atoms with Crippen LogP contribution in [0.4, 0.5) is 8.78 Å². The normalized spacial score (nSPS) is 12.2. The summed E-state index contributed by atoms with van der Waals surface area (Å²) >= 11 is 0. The smallest absolute Gasteiger partial charge is 0.129 e. The average molecular weight is 263 g/mol. The molecule has 0 unspecified atom stereocenters. The van der Waals surface area contributed by atoms with Gasteiger partial charge < -0.3 is 10.5 Å². The van der Waals surface area contributed by atoms with Crippen LogP contribution in [0.5, 0.6) is 5.75 Å². The maximum absolute atomic E-state index is 13.5. The summed E-state index contributed by atoms with van der Waals surface area (Å²) in [6.45, 7) is 1.82. The summed E-state index contributed by atoms with van der Waals surface area (Å²) in [6.07, 6.45) is 0. The lowest BCUT2D eigenvalue weighted by Gasteiger charge is -2.14. The molecule has 0 aliphatic rings. The van der Waals surface area contributed by atoms with Crippen LogP contribution in [-0.4, -0.2) is 0 Å². The zero-order chi connectivity index (χ0) is 13.8. The molecule has 2 aromatic rings. The summed E-state index contributed by atoms with van der Waals surface area (Å²) in [6, 6.07) is 10.2. The zero-order valence-electron chi connectivity index (χ0n) is 10.6. The highest BCUT2D eigenvalue weighted by atomic mass is 19.1. The summed E-state index contributed by atoms with van der Waals surface area (Å²) in [5, 5.41) is 0. The van der Waals surface area contributed by atoms with Crippen molar-refractivity contribution in [3.8, 4) is 5.75 Å². The van der Waals surface area contributed by atoms with Gasteiger partial charge in [0.05, 0.1) is 0 Å². The Labute approximate surface area is 110 Å². The van der Waals surface area contributed by atoms with Crippen LogP contribution in [0, 0.1) is 11.6 Å². The molecule has 4 heteroatoms. The molecule has 2 rings (SSSR count). The number of benzene rings is 2. The van der Waals surface area contributed by atoms with Gasteiger partial charge in [-0.1, -0.05) is 24.3 Å². The highest BCUT2D eigenvalue weighted by Gasteiger charge is 2.10. The van der Waals surface area contributed by atoms with Crippen LogP contribution in [0.3, 0.4) is 0 Å². The molecule has 1 atom stereocenters. The van der Waals surface area contributed by atoms with Crippen molar-refractivity contribution in [2.24, 2.45) is 5.73 Å². The molecule has 0 saturated carbocycles. The van der Waals surface area contributed by atoms with Crippen LogP contribution in [0.25, 0.3) is 0 Å². The fourth-order valence-corrected chi connectivity index (χ4v) is 1.78. The van der Waals surface area contributed by atoms with Crippen molar-refractivity contribution in [3.63, 3.8) is 0 Å². The second-order valence-electron chi connectivity index (χ2n) is 4.35. The molecule has 0 spiro atoms. The van der Waals surface area contributed by atoms with Gasteiger partial charge in [0.1, 0.15) is 24.0 Å². The van der Waals surface area contributed by atoms with E-state index in [-0.39, 0.29) is 18.5 Å². The third-order valence-electron chi connectivity index (χ3n) is 2.81. The summed E-state index contributed by atoms with van der Waals surface area (Å²) in [5.41, 5.74) is 6.90. The number of hydrogen-bond acceptors (Lipinski definition) is 2. The first-order chi connectivity index (χ1) is 9.08. The average Bonchev–Trinajstić information content (AvgIpc) is 2.37. The number of halogens is 2. The van der Waals surface area contributed by atoms with E-state index in [2.05, 4.69) is 0 Å². The van der Waals surface area contributed by atoms with E-state index >= 15 is 0 Å². The van der Waals surface area contributed by atoms with Crippen LogP contribution in [0.15, 0.2) is 42.5 Å². The fourth-order valence-electron chi connectivity index (χ4n) is 1.78.